The monoisotopic (exact) mass is 340 g/mol. The highest BCUT2D eigenvalue weighted by molar-refractivity contribution is 5.88. The largest absolute Gasteiger partial charge is 0.394 e. The second kappa shape index (κ2) is 6.94. The number of rotatable bonds is 4. The maximum Gasteiger partial charge on any atom is 0.244 e. The van der Waals surface area contributed by atoms with Crippen LogP contribution in [0.5, 0.6) is 0 Å². The molecule has 3 heterocycles. The lowest BCUT2D eigenvalue weighted by atomic mass is 9.83. The zero-order chi connectivity index (χ0) is 17.3. The van der Waals surface area contributed by atoms with Crippen LogP contribution in [0, 0.1) is 23.4 Å². The van der Waals surface area contributed by atoms with Crippen molar-refractivity contribution < 1.29 is 23.1 Å². The van der Waals surface area contributed by atoms with Gasteiger partial charge in [-0.25, -0.2) is 13.2 Å². The number of amides is 1. The van der Waals surface area contributed by atoms with E-state index < -0.39 is 36.0 Å². The number of aliphatic hydroxyl groups excluding tert-OH is 1. The van der Waals surface area contributed by atoms with Crippen molar-refractivity contribution in [1.29, 1.82) is 0 Å². The third-order valence-corrected chi connectivity index (χ3v) is 4.74. The second-order valence-corrected chi connectivity index (χ2v) is 6.31. The van der Waals surface area contributed by atoms with Gasteiger partial charge in [-0.15, -0.1) is 0 Å². The van der Waals surface area contributed by atoms with Gasteiger partial charge < -0.3 is 10.4 Å². The Labute approximate surface area is 138 Å². The van der Waals surface area contributed by atoms with Crippen molar-refractivity contribution in [1.82, 2.24) is 10.2 Å². The average molecular weight is 340 g/mol. The summed E-state index contributed by atoms with van der Waals surface area (Å²) in [6.45, 7) is 2.28. The van der Waals surface area contributed by atoms with Gasteiger partial charge in [0, 0.05) is 12.6 Å². The highest BCUT2D eigenvalue weighted by Gasteiger charge is 2.30. The van der Waals surface area contributed by atoms with E-state index in [2.05, 4.69) is 10.2 Å². The number of fused-ring (bicyclic) bond motifs is 3. The zero-order valence-corrected chi connectivity index (χ0v) is 13.1. The Bertz CT molecular complexity index is 647. The quantitative estimate of drug-likeness (QED) is 0.650. The van der Waals surface area contributed by atoms with Gasteiger partial charge in [0.1, 0.15) is 0 Å². The summed E-state index contributed by atoms with van der Waals surface area (Å²) in [5.74, 6) is -4.31. The molecule has 130 valence electrons. The van der Waals surface area contributed by atoms with Gasteiger partial charge in [-0.05, 0) is 55.1 Å². The minimum Gasteiger partial charge on any atom is -0.394 e. The summed E-state index contributed by atoms with van der Waals surface area (Å²) in [4.78, 5) is 14.5. The van der Waals surface area contributed by atoms with Gasteiger partial charge >= 0.3 is 0 Å². The Kier molecular flexibility index (Phi) is 4.91. The Morgan fingerprint density at radius 3 is 2.42 bits per heavy atom. The maximum absolute atomic E-state index is 13.3. The molecule has 3 saturated heterocycles. The van der Waals surface area contributed by atoms with Crippen LogP contribution in [0.2, 0.25) is 0 Å². The number of piperidine rings is 3. The topological polar surface area (TPSA) is 52.6 Å². The van der Waals surface area contributed by atoms with Gasteiger partial charge in [0.05, 0.1) is 12.6 Å². The van der Waals surface area contributed by atoms with Crippen molar-refractivity contribution in [3.63, 3.8) is 0 Å². The number of carbonyl (C=O) groups excluding carboxylic acids is 1. The number of nitrogens with one attached hydrogen (secondary N) is 1. The van der Waals surface area contributed by atoms with Crippen LogP contribution in [0.25, 0.3) is 0 Å². The number of benzene rings is 1. The summed E-state index contributed by atoms with van der Waals surface area (Å²) in [7, 11) is 0. The van der Waals surface area contributed by atoms with Crippen molar-refractivity contribution in [2.75, 3.05) is 26.2 Å². The molecule has 0 spiro atoms. The van der Waals surface area contributed by atoms with E-state index in [1.54, 1.807) is 0 Å². The van der Waals surface area contributed by atoms with E-state index in [1.807, 2.05) is 0 Å². The molecule has 1 atom stereocenters. The van der Waals surface area contributed by atoms with Crippen LogP contribution in [0.15, 0.2) is 23.8 Å². The third-order valence-electron chi connectivity index (χ3n) is 4.74. The molecule has 2 bridgehead atoms. The number of aliphatic hydroxyl groups is 1. The smallest absolute Gasteiger partial charge is 0.244 e. The molecule has 3 aliphatic rings. The van der Waals surface area contributed by atoms with Gasteiger partial charge in [-0.3, -0.25) is 9.69 Å². The van der Waals surface area contributed by atoms with E-state index in [-0.39, 0.29) is 5.56 Å². The highest BCUT2D eigenvalue weighted by atomic mass is 19.2. The van der Waals surface area contributed by atoms with Crippen molar-refractivity contribution in [2.45, 2.75) is 18.9 Å². The summed E-state index contributed by atoms with van der Waals surface area (Å²) >= 11 is 0. The molecule has 0 aliphatic carbocycles. The minimum absolute atomic E-state index is 0.0189. The fraction of sp³-hybridized carbons (Fsp3) is 0.471. The average Bonchev–Trinajstić information content (AvgIpc) is 2.58. The predicted octanol–water partition coefficient (Wildman–Crippen LogP) is 1.91. The summed E-state index contributed by atoms with van der Waals surface area (Å²) in [6, 6.07) is 0.558. The summed E-state index contributed by atoms with van der Waals surface area (Å²) in [5.41, 5.74) is 1.02. The molecule has 1 amide bonds. The lowest BCUT2D eigenvalue weighted by molar-refractivity contribution is -0.117. The Morgan fingerprint density at radius 2 is 1.92 bits per heavy atom. The number of carbonyl (C=O) groups is 1. The normalized spacial score (nSPS) is 25.8. The number of halogens is 3. The first kappa shape index (κ1) is 17.0. The van der Waals surface area contributed by atoms with Crippen molar-refractivity contribution in [3.05, 3.63) is 46.8 Å². The van der Waals surface area contributed by atoms with E-state index in [0.717, 1.165) is 50.2 Å². The first-order valence-corrected chi connectivity index (χ1v) is 7.96. The van der Waals surface area contributed by atoms with Crippen LogP contribution in [0.4, 0.5) is 13.2 Å². The van der Waals surface area contributed by atoms with Crippen molar-refractivity contribution >= 4 is 5.91 Å². The summed E-state index contributed by atoms with van der Waals surface area (Å²) < 4.78 is 39.7. The van der Waals surface area contributed by atoms with Gasteiger partial charge in [0.25, 0.3) is 0 Å². The summed E-state index contributed by atoms with van der Waals surface area (Å²) in [6.07, 6.45) is 3.56. The molecule has 4 nitrogen and oxygen atoms in total. The predicted molar refractivity (Wildman–Crippen MR) is 81.5 cm³/mol. The number of nitrogens with zero attached hydrogens (tertiary/aromatic N) is 1. The van der Waals surface area contributed by atoms with Gasteiger partial charge in [-0.1, -0.05) is 0 Å². The zero-order valence-electron chi connectivity index (χ0n) is 13.1. The van der Waals surface area contributed by atoms with E-state index >= 15 is 0 Å². The molecule has 0 saturated carbocycles. The van der Waals surface area contributed by atoms with Crippen LogP contribution >= 0.6 is 0 Å². The fourth-order valence-corrected chi connectivity index (χ4v) is 3.41. The minimum atomic E-state index is -1.57. The van der Waals surface area contributed by atoms with Crippen LogP contribution in [-0.2, 0) is 4.79 Å². The third kappa shape index (κ3) is 3.47. The van der Waals surface area contributed by atoms with Crippen LogP contribution in [0.3, 0.4) is 0 Å². The first-order chi connectivity index (χ1) is 11.5. The SMILES string of the molecule is O=C(/C=C1/CN2CCC1CC2)NC(CO)c1cc(F)c(F)c(F)c1. The second-order valence-electron chi connectivity index (χ2n) is 6.31. The first-order valence-electron chi connectivity index (χ1n) is 7.96. The van der Waals surface area contributed by atoms with Crippen LogP contribution in [0.1, 0.15) is 24.4 Å². The molecular weight excluding hydrogens is 321 g/mol. The Hall–Kier alpha value is -1.86. The van der Waals surface area contributed by atoms with E-state index in [9.17, 15) is 23.1 Å². The molecule has 0 aromatic heterocycles. The molecule has 24 heavy (non-hydrogen) atoms. The van der Waals surface area contributed by atoms with Gasteiger partial charge in [-0.2, -0.15) is 0 Å². The van der Waals surface area contributed by atoms with Crippen molar-refractivity contribution in [2.24, 2.45) is 5.92 Å². The summed E-state index contributed by atoms with van der Waals surface area (Å²) in [5, 5.41) is 11.9. The van der Waals surface area contributed by atoms with E-state index in [0.29, 0.717) is 5.92 Å². The molecule has 3 fully saturated rings. The number of hydrogen-bond donors (Lipinski definition) is 2. The lowest BCUT2D eigenvalue weighted by Crippen LogP contribution is -2.43. The Balaban J connectivity index is 1.72. The highest BCUT2D eigenvalue weighted by Crippen LogP contribution is 2.31. The van der Waals surface area contributed by atoms with E-state index in [1.165, 1.54) is 6.08 Å². The molecule has 2 N–H and O–H groups in total. The maximum atomic E-state index is 13.3. The molecule has 7 heteroatoms. The van der Waals surface area contributed by atoms with Gasteiger partial charge in [0.15, 0.2) is 17.5 Å². The molecule has 3 aliphatic heterocycles. The van der Waals surface area contributed by atoms with Gasteiger partial charge in [0.2, 0.25) is 5.91 Å². The molecule has 1 aromatic rings. The number of hydrogen-bond acceptors (Lipinski definition) is 3. The molecule has 1 unspecified atom stereocenters. The lowest BCUT2D eigenvalue weighted by Gasteiger charge is -2.41. The molecule has 0 radical (unpaired) electrons. The molecular formula is C17H19F3N2O2. The van der Waals surface area contributed by atoms with Crippen molar-refractivity contribution in [3.8, 4) is 0 Å². The fourth-order valence-electron chi connectivity index (χ4n) is 3.41. The van der Waals surface area contributed by atoms with Crippen LogP contribution in [-0.4, -0.2) is 42.2 Å². The standard InChI is InChI=1S/C17H19F3N2O2/c18-13-5-11(6-14(19)17(13)20)15(9-23)21-16(24)7-12-8-22-3-1-10(12)2-4-22/h5-7,10,15,23H,1-4,8-9H2,(H,21,24)/b12-7-. The molecule has 1 aromatic carbocycles. The van der Waals surface area contributed by atoms with E-state index in [4.69, 9.17) is 0 Å². The molecule has 4 rings (SSSR count). The Morgan fingerprint density at radius 1 is 1.29 bits per heavy atom. The van der Waals surface area contributed by atoms with Crippen LogP contribution < -0.4 is 5.32 Å².